The van der Waals surface area contributed by atoms with Crippen molar-refractivity contribution in [3.63, 3.8) is 0 Å². The highest BCUT2D eigenvalue weighted by Crippen LogP contribution is 2.32. The summed E-state index contributed by atoms with van der Waals surface area (Å²) in [4.78, 5) is 32.6. The van der Waals surface area contributed by atoms with Crippen molar-refractivity contribution in [2.75, 3.05) is 19.5 Å². The number of nitrogens with zero attached hydrogens (tertiary/aromatic N) is 2. The Balaban J connectivity index is 1.66. The van der Waals surface area contributed by atoms with Crippen molar-refractivity contribution in [2.45, 2.75) is 13.0 Å². The minimum absolute atomic E-state index is 0.251. The molecule has 38 heavy (non-hydrogen) atoms. The van der Waals surface area contributed by atoms with E-state index >= 15 is 0 Å². The molecule has 0 unspecified atom stereocenters. The first-order chi connectivity index (χ1) is 18.4. The van der Waals surface area contributed by atoms with E-state index in [0.29, 0.717) is 42.8 Å². The lowest BCUT2D eigenvalue weighted by Crippen LogP contribution is -2.40. The van der Waals surface area contributed by atoms with Crippen molar-refractivity contribution >= 4 is 40.6 Å². The second kappa shape index (κ2) is 10.7. The van der Waals surface area contributed by atoms with E-state index in [1.807, 2.05) is 60.7 Å². The number of ether oxygens (including phenoxy) is 2. The molecule has 0 aliphatic carbocycles. The largest absolute Gasteiger partial charge is 0.497 e. The number of carbonyl (C=O) groups is 1. The first-order valence-electron chi connectivity index (χ1n) is 11.8. The summed E-state index contributed by atoms with van der Waals surface area (Å²) in [5.74, 6) is 0.900. The Morgan fingerprint density at radius 1 is 1.05 bits per heavy atom. The molecule has 0 fully saturated rings. The molecule has 3 aromatic carbocycles. The van der Waals surface area contributed by atoms with Crippen LogP contribution >= 0.6 is 22.9 Å². The summed E-state index contributed by atoms with van der Waals surface area (Å²) in [6.45, 7) is 1.79. The van der Waals surface area contributed by atoms with Gasteiger partial charge in [0, 0.05) is 5.69 Å². The van der Waals surface area contributed by atoms with E-state index in [1.54, 1.807) is 43.9 Å². The van der Waals surface area contributed by atoms with Gasteiger partial charge in [-0.05, 0) is 60.5 Å². The first-order valence-corrected chi connectivity index (χ1v) is 13.0. The molecule has 1 aliphatic rings. The monoisotopic (exact) mass is 545 g/mol. The number of nitrogens with one attached hydrogen (secondary N) is 1. The molecule has 4 aromatic rings. The fourth-order valence-electron chi connectivity index (χ4n) is 4.36. The minimum atomic E-state index is -0.678. The van der Waals surface area contributed by atoms with Gasteiger partial charge in [-0.25, -0.2) is 4.99 Å². The Morgan fingerprint density at radius 3 is 2.45 bits per heavy atom. The van der Waals surface area contributed by atoms with Gasteiger partial charge in [0.05, 0.1) is 41.1 Å². The molecule has 1 aromatic heterocycles. The average molecular weight is 546 g/mol. The number of para-hydroxylation sites is 1. The van der Waals surface area contributed by atoms with Crippen LogP contribution in [0.1, 0.15) is 24.1 Å². The van der Waals surface area contributed by atoms with Gasteiger partial charge in [-0.2, -0.15) is 0 Å². The van der Waals surface area contributed by atoms with E-state index in [9.17, 15) is 9.59 Å². The SMILES string of the molecule is COc1ccc([C@H]2C(C(=O)Nc3ccccc3)=C(C)N=c3s/c(=C\c4ccc(OC)c(Cl)c4)c(=O)n32)cc1. The molecule has 0 saturated carbocycles. The molecule has 0 saturated heterocycles. The summed E-state index contributed by atoms with van der Waals surface area (Å²) in [5, 5.41) is 3.40. The van der Waals surface area contributed by atoms with Gasteiger partial charge >= 0.3 is 0 Å². The zero-order valence-electron chi connectivity index (χ0n) is 20.9. The van der Waals surface area contributed by atoms with Gasteiger partial charge in [-0.3, -0.25) is 14.2 Å². The average Bonchev–Trinajstić information content (AvgIpc) is 3.22. The number of thiazole rings is 1. The van der Waals surface area contributed by atoms with Gasteiger partial charge in [0.25, 0.3) is 11.5 Å². The van der Waals surface area contributed by atoms with Crippen molar-refractivity contribution in [2.24, 2.45) is 4.99 Å². The number of hydrogen-bond donors (Lipinski definition) is 1. The Morgan fingerprint density at radius 2 is 1.79 bits per heavy atom. The standard InChI is InChI=1S/C29H24ClN3O4S/c1-17-25(27(34)32-20-7-5-4-6-8-20)26(19-10-12-21(36-2)13-11-19)33-28(35)24(38-29(33)31-17)16-18-9-14-23(37-3)22(30)15-18/h4-16,26H,1-3H3,(H,32,34)/b24-16-/t26-/m0/s1. The number of halogens is 1. The van der Waals surface area contributed by atoms with Crippen LogP contribution in [0.25, 0.3) is 6.08 Å². The molecule has 0 spiro atoms. The Kier molecular flexibility index (Phi) is 7.18. The number of fused-ring (bicyclic) bond motifs is 1. The number of aromatic nitrogens is 1. The third-order valence-corrected chi connectivity index (χ3v) is 7.48. The number of hydrogen-bond acceptors (Lipinski definition) is 6. The smallest absolute Gasteiger partial charge is 0.271 e. The lowest BCUT2D eigenvalue weighted by molar-refractivity contribution is -0.113. The number of rotatable bonds is 6. The molecule has 2 heterocycles. The van der Waals surface area contributed by atoms with Crippen molar-refractivity contribution in [3.8, 4) is 11.5 Å². The number of benzene rings is 3. The van der Waals surface area contributed by atoms with E-state index in [-0.39, 0.29) is 11.5 Å². The molecular weight excluding hydrogens is 522 g/mol. The van der Waals surface area contributed by atoms with Crippen molar-refractivity contribution in [1.29, 1.82) is 0 Å². The maximum atomic E-state index is 13.8. The summed E-state index contributed by atoms with van der Waals surface area (Å²) in [5.41, 5.74) is 2.85. The number of anilines is 1. The second-order valence-electron chi connectivity index (χ2n) is 8.57. The minimum Gasteiger partial charge on any atom is -0.497 e. The van der Waals surface area contributed by atoms with Crippen LogP contribution in [-0.4, -0.2) is 24.7 Å². The Labute approximate surface area is 228 Å². The third-order valence-electron chi connectivity index (χ3n) is 6.20. The maximum Gasteiger partial charge on any atom is 0.271 e. The van der Waals surface area contributed by atoms with Crippen LogP contribution in [0.4, 0.5) is 5.69 Å². The van der Waals surface area contributed by atoms with Crippen LogP contribution in [0.2, 0.25) is 5.02 Å². The van der Waals surface area contributed by atoms with Gasteiger partial charge in [0.15, 0.2) is 4.80 Å². The van der Waals surface area contributed by atoms with E-state index in [0.717, 1.165) is 11.1 Å². The predicted octanol–water partition coefficient (Wildman–Crippen LogP) is 4.54. The summed E-state index contributed by atoms with van der Waals surface area (Å²) in [6, 6.07) is 21.2. The molecule has 7 nitrogen and oxygen atoms in total. The van der Waals surface area contributed by atoms with Crippen molar-refractivity contribution < 1.29 is 14.3 Å². The number of allylic oxidation sites excluding steroid dienone is 1. The van der Waals surface area contributed by atoms with E-state index in [1.165, 1.54) is 11.3 Å². The van der Waals surface area contributed by atoms with Gasteiger partial charge in [-0.1, -0.05) is 59.3 Å². The molecule has 0 bridgehead atoms. The zero-order valence-corrected chi connectivity index (χ0v) is 22.5. The predicted molar refractivity (Wildman–Crippen MR) is 150 cm³/mol. The van der Waals surface area contributed by atoms with Gasteiger partial charge in [-0.15, -0.1) is 0 Å². The number of methoxy groups -OCH3 is 2. The Hall–Kier alpha value is -4.14. The van der Waals surface area contributed by atoms with E-state index < -0.39 is 6.04 Å². The molecule has 1 atom stereocenters. The highest BCUT2D eigenvalue weighted by atomic mass is 35.5. The summed E-state index contributed by atoms with van der Waals surface area (Å²) < 4.78 is 12.6. The van der Waals surface area contributed by atoms with Crippen molar-refractivity contribution in [3.05, 3.63) is 120 Å². The fourth-order valence-corrected chi connectivity index (χ4v) is 5.67. The zero-order chi connectivity index (χ0) is 26.8. The molecule has 1 amide bonds. The summed E-state index contributed by atoms with van der Waals surface area (Å²) >= 11 is 7.56. The molecule has 1 aliphatic heterocycles. The normalized spacial score (nSPS) is 15.1. The molecule has 0 radical (unpaired) electrons. The third kappa shape index (κ3) is 4.88. The van der Waals surface area contributed by atoms with Crippen LogP contribution in [0.5, 0.6) is 11.5 Å². The molecule has 9 heteroatoms. The van der Waals surface area contributed by atoms with Gasteiger partial charge in [0.1, 0.15) is 11.5 Å². The quantitative estimate of drug-likeness (QED) is 0.385. The maximum absolute atomic E-state index is 13.8. The number of amides is 1. The van der Waals surface area contributed by atoms with Crippen LogP contribution in [0.15, 0.2) is 93.9 Å². The highest BCUT2D eigenvalue weighted by Gasteiger charge is 2.32. The van der Waals surface area contributed by atoms with E-state index in [2.05, 4.69) is 10.3 Å². The Bertz CT molecular complexity index is 1720. The highest BCUT2D eigenvalue weighted by molar-refractivity contribution is 7.07. The first kappa shape index (κ1) is 25.5. The number of carbonyl (C=O) groups excluding carboxylic acids is 1. The van der Waals surface area contributed by atoms with Crippen LogP contribution in [-0.2, 0) is 4.79 Å². The van der Waals surface area contributed by atoms with Crippen LogP contribution in [0.3, 0.4) is 0 Å². The molecular formula is C29H24ClN3O4S. The lowest BCUT2D eigenvalue weighted by atomic mass is 9.95. The topological polar surface area (TPSA) is 81.9 Å². The lowest BCUT2D eigenvalue weighted by Gasteiger charge is -2.25. The molecule has 192 valence electrons. The van der Waals surface area contributed by atoms with Crippen molar-refractivity contribution in [1.82, 2.24) is 4.57 Å². The van der Waals surface area contributed by atoms with Gasteiger partial charge < -0.3 is 14.8 Å². The van der Waals surface area contributed by atoms with E-state index in [4.69, 9.17) is 21.1 Å². The molecule has 1 N–H and O–H groups in total. The summed E-state index contributed by atoms with van der Waals surface area (Å²) in [6.07, 6.45) is 1.77. The molecule has 5 rings (SSSR count). The van der Waals surface area contributed by atoms with Gasteiger partial charge in [0.2, 0.25) is 0 Å². The fraction of sp³-hybridized carbons (Fsp3) is 0.138. The van der Waals surface area contributed by atoms with Crippen LogP contribution in [0, 0.1) is 0 Å². The van der Waals surface area contributed by atoms with Crippen LogP contribution < -0.4 is 29.7 Å². The summed E-state index contributed by atoms with van der Waals surface area (Å²) in [7, 11) is 3.14. The second-order valence-corrected chi connectivity index (χ2v) is 9.99.